The third kappa shape index (κ3) is 6.78. The van der Waals surface area contributed by atoms with Crippen molar-refractivity contribution in [2.75, 3.05) is 14.1 Å². The summed E-state index contributed by atoms with van der Waals surface area (Å²) >= 11 is 0. The zero-order valence-electron chi connectivity index (χ0n) is 26.7. The van der Waals surface area contributed by atoms with E-state index < -0.39 is 83.6 Å². The van der Waals surface area contributed by atoms with Crippen LogP contribution in [0.15, 0.2) is 0 Å². The van der Waals surface area contributed by atoms with E-state index in [2.05, 4.69) is 0 Å². The maximum absolute atomic E-state index is 13.8. The fourth-order valence-corrected chi connectivity index (χ4v) is 7.09. The van der Waals surface area contributed by atoms with Crippen LogP contribution in [-0.4, -0.2) is 107 Å². The van der Waals surface area contributed by atoms with Crippen LogP contribution in [0.1, 0.15) is 74.7 Å². The predicted molar refractivity (Wildman–Crippen MR) is 152 cm³/mol. The van der Waals surface area contributed by atoms with E-state index in [1.165, 1.54) is 6.92 Å². The molecule has 3 rings (SSSR count). The Morgan fingerprint density at radius 3 is 2.26 bits per heavy atom. The first-order chi connectivity index (χ1) is 19.3. The molecule has 0 aromatic rings. The molecule has 3 aliphatic heterocycles. The minimum atomic E-state index is -1.64. The zero-order valence-corrected chi connectivity index (χ0v) is 26.7. The van der Waals surface area contributed by atoms with Gasteiger partial charge in [-0.3, -0.25) is 9.59 Å². The first kappa shape index (κ1) is 34.7. The number of likely N-dealkylation sites (N-methyl/N-ethyl adjacent to an activating group) is 1. The van der Waals surface area contributed by atoms with Crippen molar-refractivity contribution in [1.29, 1.82) is 0 Å². The summed E-state index contributed by atoms with van der Waals surface area (Å²) in [6.07, 6.45) is -5.26. The number of aliphatic hydroxyl groups excluding tert-OH is 1. The Hall–Kier alpha value is -1.83. The standard InChI is InChI=1S/C30H52N2O10/c1-11-20-30(8)25(41-28(36)42-30)16(4)21(31)14(2)13-29(7,37)24(17(5)22(33)18(6)26(35)39-20)40-27-23(34)19(32(9)10)12-15(3)38-27/h14-21,23-25,27,34,37H,11-13,31H2,1-10H3/t14-,15-,16-,17+,18-,19+,20+,21+,23-,24-,25-,27+,29+,30-/m1/s1. The number of hydrogen-bond acceptors (Lipinski definition) is 12. The van der Waals surface area contributed by atoms with Crippen molar-refractivity contribution in [2.24, 2.45) is 29.4 Å². The normalized spacial score (nSPS) is 47.7. The Morgan fingerprint density at radius 2 is 1.69 bits per heavy atom. The van der Waals surface area contributed by atoms with Gasteiger partial charge in [0.1, 0.15) is 18.1 Å². The molecule has 3 aliphatic rings. The second-order valence-electron chi connectivity index (χ2n) is 13.4. The number of nitrogens with two attached hydrogens (primary N) is 1. The van der Waals surface area contributed by atoms with Crippen LogP contribution in [0.25, 0.3) is 0 Å². The van der Waals surface area contributed by atoms with Gasteiger partial charge >= 0.3 is 12.1 Å². The van der Waals surface area contributed by atoms with Crippen LogP contribution in [0.5, 0.6) is 0 Å². The molecule has 0 spiro atoms. The van der Waals surface area contributed by atoms with Crippen molar-refractivity contribution in [1.82, 2.24) is 4.90 Å². The fourth-order valence-electron chi connectivity index (χ4n) is 7.09. The maximum Gasteiger partial charge on any atom is 0.509 e. The van der Waals surface area contributed by atoms with E-state index in [9.17, 15) is 24.6 Å². The first-order valence-corrected chi connectivity index (χ1v) is 15.1. The molecule has 0 aromatic carbocycles. The monoisotopic (exact) mass is 600 g/mol. The summed E-state index contributed by atoms with van der Waals surface area (Å²) in [5, 5.41) is 23.1. The zero-order chi connectivity index (χ0) is 31.9. The second-order valence-corrected chi connectivity index (χ2v) is 13.4. The number of Topliss-reactive ketones (excluding diaryl/α,β-unsaturated/α-hetero) is 1. The predicted octanol–water partition coefficient (Wildman–Crippen LogP) is 2.01. The summed E-state index contributed by atoms with van der Waals surface area (Å²) in [6.45, 7) is 13.6. The molecule has 12 heteroatoms. The Kier molecular flexibility index (Phi) is 10.8. The molecular weight excluding hydrogens is 548 g/mol. The molecule has 0 bridgehead atoms. The van der Waals surface area contributed by atoms with Gasteiger partial charge in [0.25, 0.3) is 0 Å². The van der Waals surface area contributed by atoms with Crippen LogP contribution in [0.2, 0.25) is 0 Å². The molecule has 3 fully saturated rings. The summed E-state index contributed by atoms with van der Waals surface area (Å²) in [4.78, 5) is 41.4. The van der Waals surface area contributed by atoms with Crippen LogP contribution in [0, 0.1) is 23.7 Å². The number of carbonyl (C=O) groups excluding carboxylic acids is 3. The average molecular weight is 601 g/mol. The summed E-state index contributed by atoms with van der Waals surface area (Å²) < 4.78 is 29.3. The van der Waals surface area contributed by atoms with Gasteiger partial charge in [-0.05, 0) is 67.0 Å². The number of aliphatic hydroxyl groups is 2. The number of esters is 1. The lowest BCUT2D eigenvalue weighted by molar-refractivity contribution is -0.293. The Balaban J connectivity index is 2.04. The highest BCUT2D eigenvalue weighted by molar-refractivity contribution is 6.00. The molecule has 0 aliphatic carbocycles. The molecule has 0 saturated carbocycles. The highest BCUT2D eigenvalue weighted by atomic mass is 16.8. The topological polar surface area (TPSA) is 167 Å². The average Bonchev–Trinajstić information content (AvgIpc) is 3.22. The van der Waals surface area contributed by atoms with Crippen LogP contribution in [0.3, 0.4) is 0 Å². The van der Waals surface area contributed by atoms with Crippen LogP contribution < -0.4 is 5.73 Å². The van der Waals surface area contributed by atoms with Gasteiger partial charge in [0, 0.05) is 23.9 Å². The highest BCUT2D eigenvalue weighted by Gasteiger charge is 2.58. The van der Waals surface area contributed by atoms with Crippen molar-refractivity contribution in [3.8, 4) is 0 Å². The maximum atomic E-state index is 13.8. The molecule has 242 valence electrons. The van der Waals surface area contributed by atoms with Gasteiger partial charge in [-0.15, -0.1) is 0 Å². The number of fused-ring (bicyclic) bond motifs is 1. The summed E-state index contributed by atoms with van der Waals surface area (Å²) in [6, 6.07) is -0.862. The number of ketones is 1. The van der Waals surface area contributed by atoms with Gasteiger partial charge in [-0.25, -0.2) is 4.79 Å². The molecule has 0 unspecified atom stereocenters. The van der Waals surface area contributed by atoms with Crippen molar-refractivity contribution < 1.29 is 48.3 Å². The molecule has 0 aromatic heterocycles. The molecule has 3 heterocycles. The lowest BCUT2D eigenvalue weighted by Crippen LogP contribution is -2.60. The van der Waals surface area contributed by atoms with E-state index in [1.54, 1.807) is 27.7 Å². The second kappa shape index (κ2) is 13.0. The largest absolute Gasteiger partial charge is 0.509 e. The molecule has 42 heavy (non-hydrogen) atoms. The molecule has 3 saturated heterocycles. The Morgan fingerprint density at radius 1 is 1.07 bits per heavy atom. The number of cyclic esters (lactones) is 1. The lowest BCUT2D eigenvalue weighted by Gasteiger charge is -2.46. The summed E-state index contributed by atoms with van der Waals surface area (Å²) in [5.74, 6) is -4.32. The third-order valence-electron chi connectivity index (χ3n) is 9.69. The van der Waals surface area contributed by atoms with E-state index in [0.717, 1.165) is 0 Å². The molecule has 0 amide bonds. The molecule has 14 atom stereocenters. The van der Waals surface area contributed by atoms with E-state index in [-0.39, 0.29) is 24.5 Å². The molecular formula is C30H52N2O10. The highest BCUT2D eigenvalue weighted by Crippen LogP contribution is 2.41. The Bertz CT molecular complexity index is 991. The quantitative estimate of drug-likeness (QED) is 0.318. The molecule has 0 radical (unpaired) electrons. The van der Waals surface area contributed by atoms with Gasteiger partial charge in [0.15, 0.2) is 23.8 Å². The van der Waals surface area contributed by atoms with Crippen molar-refractivity contribution >= 4 is 17.9 Å². The summed E-state index contributed by atoms with van der Waals surface area (Å²) in [5.41, 5.74) is 3.75. The number of ether oxygens (including phenoxy) is 5. The van der Waals surface area contributed by atoms with E-state index in [1.807, 2.05) is 39.8 Å². The molecule has 12 nitrogen and oxygen atoms in total. The van der Waals surface area contributed by atoms with Crippen LogP contribution >= 0.6 is 0 Å². The van der Waals surface area contributed by atoms with Crippen molar-refractivity contribution in [2.45, 2.75) is 135 Å². The minimum absolute atomic E-state index is 0.102. The van der Waals surface area contributed by atoms with Gasteiger partial charge in [-0.2, -0.15) is 0 Å². The Labute approximate surface area is 249 Å². The lowest BCUT2D eigenvalue weighted by atomic mass is 9.73. The van der Waals surface area contributed by atoms with E-state index in [4.69, 9.17) is 29.4 Å². The number of nitrogens with zero attached hydrogens (tertiary/aromatic N) is 1. The van der Waals surface area contributed by atoms with Crippen LogP contribution in [-0.2, 0) is 33.3 Å². The number of carbonyl (C=O) groups is 3. The van der Waals surface area contributed by atoms with Crippen LogP contribution in [0.4, 0.5) is 4.79 Å². The van der Waals surface area contributed by atoms with Gasteiger partial charge in [0.05, 0.1) is 17.8 Å². The molecule has 4 N–H and O–H groups in total. The van der Waals surface area contributed by atoms with Crippen molar-refractivity contribution in [3.63, 3.8) is 0 Å². The van der Waals surface area contributed by atoms with E-state index in [0.29, 0.717) is 12.8 Å². The van der Waals surface area contributed by atoms with Gasteiger partial charge in [0.2, 0.25) is 0 Å². The SMILES string of the molecule is CC[C@@H]1OC(=O)[C@H](C)C(=O)[C@H](C)[C@@H](O[C@@H]2O[C@H](C)C[C@H](N(C)C)[C@H]2O)[C@@](C)(O)C[C@@H](C)[C@H](N)[C@@H](C)[C@H]2OC(=O)O[C@]12C. The number of rotatable bonds is 4. The van der Waals surface area contributed by atoms with Gasteiger partial charge < -0.3 is 44.5 Å². The van der Waals surface area contributed by atoms with Crippen molar-refractivity contribution in [3.05, 3.63) is 0 Å². The summed E-state index contributed by atoms with van der Waals surface area (Å²) in [7, 11) is 3.71. The minimum Gasteiger partial charge on any atom is -0.457 e. The smallest absolute Gasteiger partial charge is 0.457 e. The first-order valence-electron chi connectivity index (χ1n) is 15.1. The van der Waals surface area contributed by atoms with E-state index >= 15 is 0 Å². The van der Waals surface area contributed by atoms with Gasteiger partial charge in [-0.1, -0.05) is 27.7 Å². The third-order valence-corrected chi connectivity index (χ3v) is 9.69. The fraction of sp³-hybridized carbons (Fsp3) is 0.900. The number of hydrogen-bond donors (Lipinski definition) is 3.